The molecule has 0 aliphatic carbocycles. The summed E-state index contributed by atoms with van der Waals surface area (Å²) in [6.07, 6.45) is 0. The molecule has 0 radical (unpaired) electrons. The molecule has 4 rings (SSSR count). The number of carbonyl (C=O) groups is 2. The first kappa shape index (κ1) is 22.7. The second kappa shape index (κ2) is 9.97. The summed E-state index contributed by atoms with van der Waals surface area (Å²) < 4.78 is 11.3. The maximum Gasteiger partial charge on any atom is 0.353 e. The van der Waals surface area contributed by atoms with E-state index in [1.165, 1.54) is 11.3 Å². The number of carbonyl (C=O) groups excluding carboxylic acids is 2. The highest BCUT2D eigenvalue weighted by atomic mass is 32.1. The molecule has 33 heavy (non-hydrogen) atoms. The van der Waals surface area contributed by atoms with Gasteiger partial charge in [0.05, 0.1) is 11.6 Å². The maximum atomic E-state index is 13.2. The molecular weight excluding hydrogens is 456 g/mol. The van der Waals surface area contributed by atoms with Gasteiger partial charge < -0.3 is 19.7 Å². The average molecular weight is 479 g/mol. The van der Waals surface area contributed by atoms with Crippen LogP contribution in [0.25, 0.3) is 0 Å². The standard InChI is InChI=1S/C25H22N2O4S2/c1-16-21(24(29)30-15-17-9-4-3-5-10-17)22(26-25(32)27(16)2)18-11-6-7-12-19(18)31-23(28)20-13-8-14-33-20/h3-14,22H,15H2,1-2H3,(H,26,32)/t22-/m0/s1. The number of esters is 2. The Bertz CT molecular complexity index is 1210. The lowest BCUT2D eigenvalue weighted by atomic mass is 9.94. The summed E-state index contributed by atoms with van der Waals surface area (Å²) in [4.78, 5) is 28.1. The molecule has 3 aromatic rings. The second-order valence-electron chi connectivity index (χ2n) is 7.41. The molecule has 0 saturated heterocycles. The van der Waals surface area contributed by atoms with Gasteiger partial charge in [0.15, 0.2) is 5.11 Å². The molecule has 0 fully saturated rings. The molecular formula is C25H22N2O4S2. The summed E-state index contributed by atoms with van der Waals surface area (Å²) in [6.45, 7) is 1.96. The van der Waals surface area contributed by atoms with Crippen molar-refractivity contribution < 1.29 is 19.1 Å². The van der Waals surface area contributed by atoms with Gasteiger partial charge in [-0.15, -0.1) is 11.3 Å². The first-order valence-electron chi connectivity index (χ1n) is 10.3. The molecule has 0 saturated carbocycles. The predicted octanol–water partition coefficient (Wildman–Crippen LogP) is 4.85. The SMILES string of the molecule is CC1=C(C(=O)OCc2ccccc2)[C@H](c2ccccc2OC(=O)c2cccs2)NC(=S)N1C. The van der Waals surface area contributed by atoms with E-state index in [0.29, 0.717) is 32.6 Å². The van der Waals surface area contributed by atoms with E-state index in [0.717, 1.165) is 5.56 Å². The number of thiophene rings is 1. The highest BCUT2D eigenvalue weighted by Gasteiger charge is 2.35. The number of rotatable bonds is 6. The van der Waals surface area contributed by atoms with Crippen molar-refractivity contribution in [1.82, 2.24) is 10.2 Å². The summed E-state index contributed by atoms with van der Waals surface area (Å²) in [5, 5.41) is 5.47. The summed E-state index contributed by atoms with van der Waals surface area (Å²) in [7, 11) is 1.79. The van der Waals surface area contributed by atoms with Crippen molar-refractivity contribution in [2.75, 3.05) is 7.05 Å². The van der Waals surface area contributed by atoms with E-state index >= 15 is 0 Å². The fraction of sp³-hybridized carbons (Fsp3) is 0.160. The van der Waals surface area contributed by atoms with Gasteiger partial charge in [-0.25, -0.2) is 9.59 Å². The zero-order valence-corrected chi connectivity index (χ0v) is 19.7. The molecule has 1 aliphatic heterocycles. The van der Waals surface area contributed by atoms with Crippen molar-refractivity contribution in [1.29, 1.82) is 0 Å². The summed E-state index contributed by atoms with van der Waals surface area (Å²) in [5.41, 5.74) is 2.57. The lowest BCUT2D eigenvalue weighted by Gasteiger charge is -2.35. The number of nitrogens with one attached hydrogen (secondary N) is 1. The minimum atomic E-state index is -0.635. The Morgan fingerprint density at radius 3 is 2.48 bits per heavy atom. The van der Waals surface area contributed by atoms with Gasteiger partial charge in [-0.3, -0.25) is 0 Å². The Balaban J connectivity index is 1.66. The van der Waals surface area contributed by atoms with Crippen LogP contribution in [0.1, 0.15) is 33.8 Å². The summed E-state index contributed by atoms with van der Waals surface area (Å²) >= 11 is 6.78. The van der Waals surface area contributed by atoms with Crippen LogP contribution >= 0.6 is 23.6 Å². The zero-order valence-electron chi connectivity index (χ0n) is 18.1. The number of allylic oxidation sites excluding steroid dienone is 1. The molecule has 0 unspecified atom stereocenters. The first-order chi connectivity index (χ1) is 16.0. The van der Waals surface area contributed by atoms with Gasteiger partial charge in [-0.05, 0) is 42.2 Å². The molecule has 0 bridgehead atoms. The zero-order chi connectivity index (χ0) is 23.4. The topological polar surface area (TPSA) is 67.9 Å². The number of thiocarbonyl (C=S) groups is 1. The Morgan fingerprint density at radius 2 is 1.76 bits per heavy atom. The Hall–Kier alpha value is -3.49. The van der Waals surface area contributed by atoms with Gasteiger partial charge in [-0.2, -0.15) is 0 Å². The van der Waals surface area contributed by atoms with Crippen LogP contribution < -0.4 is 10.1 Å². The Morgan fingerprint density at radius 1 is 1.03 bits per heavy atom. The van der Waals surface area contributed by atoms with Crippen molar-refractivity contribution in [2.24, 2.45) is 0 Å². The van der Waals surface area contributed by atoms with Gasteiger partial charge in [0, 0.05) is 18.3 Å². The minimum Gasteiger partial charge on any atom is -0.457 e. The smallest absolute Gasteiger partial charge is 0.353 e. The van der Waals surface area contributed by atoms with Crippen LogP contribution in [-0.2, 0) is 16.1 Å². The lowest BCUT2D eigenvalue weighted by Crippen LogP contribution is -2.46. The summed E-state index contributed by atoms with van der Waals surface area (Å²) in [5.74, 6) is -0.577. The molecule has 0 amide bonds. The number of hydrogen-bond acceptors (Lipinski definition) is 6. The van der Waals surface area contributed by atoms with Gasteiger partial charge >= 0.3 is 11.9 Å². The van der Waals surface area contributed by atoms with Crippen LogP contribution in [0.5, 0.6) is 5.75 Å². The molecule has 8 heteroatoms. The molecule has 2 aromatic carbocycles. The van der Waals surface area contributed by atoms with E-state index in [-0.39, 0.29) is 6.61 Å². The molecule has 1 N–H and O–H groups in total. The monoisotopic (exact) mass is 478 g/mol. The highest BCUT2D eigenvalue weighted by molar-refractivity contribution is 7.80. The molecule has 1 aliphatic rings. The molecule has 2 heterocycles. The number of hydrogen-bond donors (Lipinski definition) is 1. The van der Waals surface area contributed by atoms with E-state index in [2.05, 4.69) is 5.32 Å². The van der Waals surface area contributed by atoms with Crippen molar-refractivity contribution in [2.45, 2.75) is 19.6 Å². The number of nitrogens with zero attached hydrogens (tertiary/aromatic N) is 1. The minimum absolute atomic E-state index is 0.145. The second-order valence-corrected chi connectivity index (χ2v) is 8.74. The van der Waals surface area contributed by atoms with E-state index in [1.807, 2.05) is 48.7 Å². The third-order valence-corrected chi connectivity index (χ3v) is 6.58. The summed E-state index contributed by atoms with van der Waals surface area (Å²) in [6, 6.07) is 19.4. The molecule has 168 valence electrons. The fourth-order valence-corrected chi connectivity index (χ4v) is 4.34. The van der Waals surface area contributed by atoms with Gasteiger partial charge in [0.25, 0.3) is 0 Å². The third kappa shape index (κ3) is 4.97. The van der Waals surface area contributed by atoms with Crippen LogP contribution in [0.2, 0.25) is 0 Å². The lowest BCUT2D eigenvalue weighted by molar-refractivity contribution is -0.140. The average Bonchev–Trinajstić information content (AvgIpc) is 3.37. The highest BCUT2D eigenvalue weighted by Crippen LogP contribution is 2.36. The first-order valence-corrected chi connectivity index (χ1v) is 11.5. The van der Waals surface area contributed by atoms with E-state index in [1.54, 1.807) is 42.3 Å². The number of benzene rings is 2. The Labute approximate surface area is 201 Å². The van der Waals surface area contributed by atoms with Crippen LogP contribution in [0.4, 0.5) is 0 Å². The van der Waals surface area contributed by atoms with Crippen molar-refractivity contribution in [3.05, 3.63) is 99.4 Å². The van der Waals surface area contributed by atoms with Crippen LogP contribution in [0.15, 0.2) is 83.4 Å². The molecule has 1 atom stereocenters. The van der Waals surface area contributed by atoms with E-state index in [4.69, 9.17) is 21.7 Å². The number of para-hydroxylation sites is 1. The predicted molar refractivity (Wildman–Crippen MR) is 131 cm³/mol. The molecule has 0 spiro atoms. The fourth-order valence-electron chi connectivity index (χ4n) is 3.49. The van der Waals surface area contributed by atoms with Crippen molar-refractivity contribution in [3.8, 4) is 5.75 Å². The molecule has 1 aromatic heterocycles. The van der Waals surface area contributed by atoms with Gasteiger partial charge in [0.1, 0.15) is 17.2 Å². The van der Waals surface area contributed by atoms with Crippen LogP contribution in [-0.4, -0.2) is 29.0 Å². The third-order valence-electron chi connectivity index (χ3n) is 5.34. The van der Waals surface area contributed by atoms with Crippen LogP contribution in [0, 0.1) is 0 Å². The molecule has 6 nitrogen and oxygen atoms in total. The maximum absolute atomic E-state index is 13.2. The largest absolute Gasteiger partial charge is 0.457 e. The van der Waals surface area contributed by atoms with Crippen molar-refractivity contribution in [3.63, 3.8) is 0 Å². The van der Waals surface area contributed by atoms with Gasteiger partial charge in [0.2, 0.25) is 0 Å². The van der Waals surface area contributed by atoms with E-state index < -0.39 is 18.0 Å². The van der Waals surface area contributed by atoms with Crippen molar-refractivity contribution >= 4 is 40.6 Å². The van der Waals surface area contributed by atoms with Gasteiger partial charge in [-0.1, -0.05) is 54.6 Å². The number of ether oxygens (including phenoxy) is 2. The quantitative estimate of drug-likeness (QED) is 0.309. The Kier molecular flexibility index (Phi) is 6.86. The van der Waals surface area contributed by atoms with E-state index in [9.17, 15) is 9.59 Å². The normalized spacial score (nSPS) is 15.8. The van der Waals surface area contributed by atoms with Crippen LogP contribution in [0.3, 0.4) is 0 Å².